The number of aromatic nitrogens is 2. The number of nitrogen functional groups attached to an aromatic ring is 1. The van der Waals surface area contributed by atoms with Crippen molar-refractivity contribution >= 4 is 23.3 Å². The first kappa shape index (κ1) is 22.6. The lowest BCUT2D eigenvalue weighted by Gasteiger charge is -2.10. The Kier molecular flexibility index (Phi) is 6.81. The Bertz CT molecular complexity index is 1050. The summed E-state index contributed by atoms with van der Waals surface area (Å²) in [5.41, 5.74) is 13.0. The molecule has 6 nitrogen and oxygen atoms in total. The molecule has 31 heavy (non-hydrogen) atoms. The van der Waals surface area contributed by atoms with Gasteiger partial charge in [0.25, 0.3) is 0 Å². The van der Waals surface area contributed by atoms with Gasteiger partial charge in [0.05, 0.1) is 18.4 Å². The molecule has 3 unspecified atom stereocenters. The molecule has 1 fully saturated rings. The fourth-order valence-corrected chi connectivity index (χ4v) is 3.85. The van der Waals surface area contributed by atoms with E-state index in [-0.39, 0.29) is 17.6 Å². The van der Waals surface area contributed by atoms with Crippen LogP contribution < -0.4 is 11.1 Å². The van der Waals surface area contributed by atoms with Gasteiger partial charge >= 0.3 is 0 Å². The molecule has 1 aliphatic rings. The van der Waals surface area contributed by atoms with E-state index in [4.69, 9.17) is 11.1 Å². The van der Waals surface area contributed by atoms with Gasteiger partial charge in [-0.1, -0.05) is 12.1 Å². The van der Waals surface area contributed by atoms with E-state index >= 15 is 0 Å². The maximum absolute atomic E-state index is 11.4. The quantitative estimate of drug-likeness (QED) is 0.451. The van der Waals surface area contributed by atoms with E-state index in [2.05, 4.69) is 28.3 Å². The SMILES string of the molecule is C[NH2+]/C(=C\C(=N)C1CC1c1ccc(C(C)=O)nc1)C(C)/C=C\c1nc(C)cc(C)c1N. The number of rotatable bonds is 8. The first-order valence-electron chi connectivity index (χ1n) is 10.7. The van der Waals surface area contributed by atoms with Crippen molar-refractivity contribution in [1.29, 1.82) is 5.41 Å². The molecule has 0 aliphatic heterocycles. The van der Waals surface area contributed by atoms with Crippen molar-refractivity contribution in [3.8, 4) is 0 Å². The van der Waals surface area contributed by atoms with E-state index in [1.807, 2.05) is 45.2 Å². The number of quaternary nitrogens is 1. The van der Waals surface area contributed by atoms with Gasteiger partial charge in [-0.2, -0.15) is 0 Å². The topological polar surface area (TPSA) is 109 Å². The minimum atomic E-state index is -0.0301. The van der Waals surface area contributed by atoms with Crippen molar-refractivity contribution in [2.24, 2.45) is 11.8 Å². The van der Waals surface area contributed by atoms with E-state index in [0.29, 0.717) is 23.0 Å². The van der Waals surface area contributed by atoms with E-state index in [1.165, 1.54) is 6.92 Å². The van der Waals surface area contributed by atoms with Crippen molar-refractivity contribution in [3.63, 3.8) is 0 Å². The Morgan fingerprint density at radius 1 is 1.35 bits per heavy atom. The molecule has 3 rings (SSSR count). The van der Waals surface area contributed by atoms with Crippen LogP contribution in [0.5, 0.6) is 0 Å². The average molecular weight is 419 g/mol. The van der Waals surface area contributed by atoms with Crippen LogP contribution >= 0.6 is 0 Å². The maximum Gasteiger partial charge on any atom is 0.178 e. The molecule has 6 heteroatoms. The fraction of sp³-hybridized carbons (Fsp3) is 0.360. The number of nitrogens with zero attached hydrogens (tertiary/aromatic N) is 2. The zero-order valence-electron chi connectivity index (χ0n) is 18.9. The summed E-state index contributed by atoms with van der Waals surface area (Å²) >= 11 is 0. The first-order chi connectivity index (χ1) is 14.7. The van der Waals surface area contributed by atoms with Gasteiger partial charge in [-0.15, -0.1) is 0 Å². The van der Waals surface area contributed by atoms with Crippen molar-refractivity contribution in [3.05, 3.63) is 70.5 Å². The third-order valence-electron chi connectivity index (χ3n) is 5.91. The van der Waals surface area contributed by atoms with Crippen LogP contribution in [0.3, 0.4) is 0 Å². The second-order valence-electron chi connectivity index (χ2n) is 8.40. The molecule has 1 aliphatic carbocycles. The van der Waals surface area contributed by atoms with Crippen molar-refractivity contribution in [2.45, 2.75) is 40.0 Å². The van der Waals surface area contributed by atoms with Gasteiger partial charge in [-0.25, -0.2) is 0 Å². The largest absolute Gasteiger partial charge is 0.397 e. The summed E-state index contributed by atoms with van der Waals surface area (Å²) in [5.74, 6) is 0.618. The minimum Gasteiger partial charge on any atom is -0.397 e. The number of anilines is 1. The predicted octanol–water partition coefficient (Wildman–Crippen LogP) is 3.43. The van der Waals surface area contributed by atoms with E-state index in [1.54, 1.807) is 12.3 Å². The van der Waals surface area contributed by atoms with Crippen LogP contribution in [0.1, 0.15) is 59.2 Å². The molecule has 1 saturated carbocycles. The first-order valence-corrected chi connectivity index (χ1v) is 10.7. The molecule has 0 aromatic carbocycles. The predicted molar refractivity (Wildman–Crippen MR) is 125 cm³/mol. The molecule has 0 radical (unpaired) electrons. The summed E-state index contributed by atoms with van der Waals surface area (Å²) in [6.07, 6.45) is 8.77. The van der Waals surface area contributed by atoms with Gasteiger partial charge in [-0.3, -0.25) is 14.8 Å². The summed E-state index contributed by atoms with van der Waals surface area (Å²) in [6, 6.07) is 5.72. The number of carbonyl (C=O) groups is 1. The number of pyridine rings is 2. The molecule has 0 spiro atoms. The smallest absolute Gasteiger partial charge is 0.178 e. The Morgan fingerprint density at radius 2 is 2.10 bits per heavy atom. The summed E-state index contributed by atoms with van der Waals surface area (Å²) in [6.45, 7) is 7.59. The van der Waals surface area contributed by atoms with E-state index in [9.17, 15) is 4.79 Å². The number of nitrogens with two attached hydrogens (primary N) is 2. The number of aryl methyl sites for hydroxylation is 2. The highest BCUT2D eigenvalue weighted by Gasteiger charge is 2.41. The number of hydrogen-bond acceptors (Lipinski definition) is 5. The number of hydrogen-bond donors (Lipinski definition) is 3. The van der Waals surface area contributed by atoms with Crippen molar-refractivity contribution in [1.82, 2.24) is 9.97 Å². The number of allylic oxidation sites excluding steroid dienone is 2. The summed E-state index contributed by atoms with van der Waals surface area (Å²) in [4.78, 5) is 20.2. The molecule has 0 amide bonds. The fourth-order valence-electron chi connectivity index (χ4n) is 3.85. The van der Waals surface area contributed by atoms with Gasteiger partial charge < -0.3 is 16.5 Å². The van der Waals surface area contributed by atoms with E-state index in [0.717, 1.165) is 34.6 Å². The van der Waals surface area contributed by atoms with Crippen LogP contribution in [0, 0.1) is 31.1 Å². The van der Waals surface area contributed by atoms with Gasteiger partial charge in [0.1, 0.15) is 11.4 Å². The molecule has 3 atom stereocenters. The van der Waals surface area contributed by atoms with Crippen LogP contribution in [0.2, 0.25) is 0 Å². The van der Waals surface area contributed by atoms with Gasteiger partial charge in [0.15, 0.2) is 5.78 Å². The monoisotopic (exact) mass is 418 g/mol. The maximum atomic E-state index is 11.4. The Labute approximate surface area is 184 Å². The molecule has 162 valence electrons. The Balaban J connectivity index is 1.68. The lowest BCUT2D eigenvalue weighted by atomic mass is 10.0. The average Bonchev–Trinajstić information content (AvgIpc) is 3.54. The van der Waals surface area contributed by atoms with Crippen LogP contribution in [0.15, 0.2) is 42.2 Å². The summed E-state index contributed by atoms with van der Waals surface area (Å²) in [7, 11) is 2.00. The standard InChI is InChI=1S/C25H31N5O/c1-14(6-8-23-25(27)15(2)10-16(3)30-23)24(28-5)12-21(26)20-11-19(20)18-7-9-22(17(4)31)29-13-18/h6-10,12-14,19-20,26,28H,11,27H2,1-5H3/p+1/b8-6-,24-12-,26-21?. The molecule has 2 aromatic heterocycles. The van der Waals surface area contributed by atoms with Crippen LogP contribution in [-0.4, -0.2) is 28.5 Å². The number of nitrogens with one attached hydrogen (secondary N) is 1. The van der Waals surface area contributed by atoms with Gasteiger partial charge in [0, 0.05) is 42.4 Å². The molecule has 5 N–H and O–H groups in total. The molecule has 0 saturated heterocycles. The minimum absolute atomic E-state index is 0.0301. The third kappa shape index (κ3) is 5.33. The summed E-state index contributed by atoms with van der Waals surface area (Å²) in [5, 5.41) is 10.6. The summed E-state index contributed by atoms with van der Waals surface area (Å²) < 4.78 is 0. The highest BCUT2D eigenvalue weighted by molar-refractivity contribution is 5.97. The molecular weight excluding hydrogens is 386 g/mol. The van der Waals surface area contributed by atoms with E-state index < -0.39 is 0 Å². The van der Waals surface area contributed by atoms with Crippen molar-refractivity contribution < 1.29 is 10.1 Å². The molecule has 0 bridgehead atoms. The highest BCUT2D eigenvalue weighted by atomic mass is 16.1. The normalized spacial score (nSPS) is 19.5. The molecule has 2 heterocycles. The van der Waals surface area contributed by atoms with Crippen LogP contribution in [0.4, 0.5) is 5.69 Å². The lowest BCUT2D eigenvalue weighted by molar-refractivity contribution is -0.581. The second-order valence-corrected chi connectivity index (χ2v) is 8.40. The lowest BCUT2D eigenvalue weighted by Crippen LogP contribution is -2.78. The molecular formula is C25H32N5O+. The number of carbonyl (C=O) groups excluding carboxylic acids is 1. The Hall–Kier alpha value is -3.12. The second kappa shape index (κ2) is 9.35. The molecule has 2 aromatic rings. The zero-order valence-corrected chi connectivity index (χ0v) is 18.9. The van der Waals surface area contributed by atoms with Gasteiger partial charge in [0.2, 0.25) is 0 Å². The number of Topliss-reactive ketones (excluding diaryl/α,β-unsaturated/α-hetero) is 1. The zero-order chi connectivity index (χ0) is 22.7. The van der Waals surface area contributed by atoms with Crippen molar-refractivity contribution in [2.75, 3.05) is 12.8 Å². The van der Waals surface area contributed by atoms with Crippen LogP contribution in [-0.2, 0) is 0 Å². The highest BCUT2D eigenvalue weighted by Crippen LogP contribution is 2.48. The van der Waals surface area contributed by atoms with Crippen LogP contribution in [0.25, 0.3) is 6.08 Å². The van der Waals surface area contributed by atoms with Gasteiger partial charge in [-0.05, 0) is 62.4 Å². The third-order valence-corrected chi connectivity index (χ3v) is 5.91. The Morgan fingerprint density at radius 3 is 2.71 bits per heavy atom. The number of ketones is 1.